The van der Waals surface area contributed by atoms with Gasteiger partial charge in [-0.05, 0) is 38.3 Å². The minimum atomic E-state index is -0.371. The second kappa shape index (κ2) is 12.3. The highest BCUT2D eigenvalue weighted by Gasteiger charge is 2.15. The lowest BCUT2D eigenvalue weighted by atomic mass is 10.2. The summed E-state index contributed by atoms with van der Waals surface area (Å²) in [4.78, 5) is 58.4. The number of fused-ring (bicyclic) bond motifs is 2. The highest BCUT2D eigenvalue weighted by atomic mass is 16.5. The number of ketones is 1. The molecule has 0 unspecified atom stereocenters. The number of aryl methyl sites for hydroxylation is 2. The van der Waals surface area contributed by atoms with Gasteiger partial charge in [-0.3, -0.25) is 18.7 Å². The van der Waals surface area contributed by atoms with Crippen molar-refractivity contribution >= 4 is 28.1 Å². The Hall–Kier alpha value is -4.88. The minimum Gasteiger partial charge on any atom is -0.493 e. The predicted molar refractivity (Wildman–Crippen MR) is 148 cm³/mol. The number of aromatic amines is 2. The van der Waals surface area contributed by atoms with Crippen molar-refractivity contribution in [2.75, 3.05) is 6.61 Å². The summed E-state index contributed by atoms with van der Waals surface area (Å²) >= 11 is 0. The van der Waals surface area contributed by atoms with E-state index < -0.39 is 0 Å². The van der Waals surface area contributed by atoms with Gasteiger partial charge < -0.3 is 19.1 Å². The molecule has 210 valence electrons. The van der Waals surface area contributed by atoms with Crippen molar-refractivity contribution in [2.24, 2.45) is 14.1 Å². The van der Waals surface area contributed by atoms with E-state index in [1.165, 1.54) is 22.4 Å². The number of benzene rings is 1. The van der Waals surface area contributed by atoms with Gasteiger partial charge in [-0.2, -0.15) is 0 Å². The molecule has 4 heterocycles. The first-order valence-electron chi connectivity index (χ1n) is 12.9. The Bertz CT molecular complexity index is 1830. The van der Waals surface area contributed by atoms with Gasteiger partial charge in [-0.25, -0.2) is 19.9 Å². The maximum Gasteiger partial charge on any atom is 0.332 e. The van der Waals surface area contributed by atoms with E-state index in [0.29, 0.717) is 60.8 Å². The van der Waals surface area contributed by atoms with Crippen molar-refractivity contribution in [3.05, 3.63) is 61.8 Å². The van der Waals surface area contributed by atoms with Crippen LogP contribution >= 0.6 is 0 Å². The zero-order valence-electron chi connectivity index (χ0n) is 22.8. The molecular formula is C26H31N9O5. The van der Waals surface area contributed by atoms with E-state index in [-0.39, 0.29) is 28.1 Å². The monoisotopic (exact) mass is 549 g/mol. The molecule has 0 fully saturated rings. The average Bonchev–Trinajstić information content (AvgIpc) is 3.58. The second-order valence-corrected chi connectivity index (χ2v) is 9.25. The third-order valence-electron chi connectivity index (χ3n) is 6.17. The van der Waals surface area contributed by atoms with Crippen molar-refractivity contribution in [3.63, 3.8) is 0 Å². The number of carbonyl (C=O) groups excluding carboxylic acids is 1. The molecule has 5 aromatic rings. The highest BCUT2D eigenvalue weighted by Crippen LogP contribution is 2.27. The standard InChI is InChI=1S/C13H13N5O2.C13H18N4O3/c1-2-7-20-9-6-4-3-5-8(9)11-14-12-10(13(19)15-11)16-18-17-12;1-9(18)6-4-5-7-17-12(19)10-11(14-8-15(10)2)16(3)13(17)20/h3-6H,2,7H2,1H3,(H2,14,15,16,17,18,19);8H,4-7H2,1-3H3. The lowest BCUT2D eigenvalue weighted by Gasteiger charge is -2.09. The van der Waals surface area contributed by atoms with Crippen LogP contribution in [0.25, 0.3) is 33.7 Å². The number of hydrogen-bond acceptors (Lipinski definition) is 9. The lowest BCUT2D eigenvalue weighted by Crippen LogP contribution is -2.39. The fourth-order valence-corrected chi connectivity index (χ4v) is 4.13. The molecule has 14 heteroatoms. The first-order valence-corrected chi connectivity index (χ1v) is 12.9. The van der Waals surface area contributed by atoms with Crippen LogP contribution in [0.2, 0.25) is 0 Å². The summed E-state index contributed by atoms with van der Waals surface area (Å²) in [7, 11) is 3.32. The summed E-state index contributed by atoms with van der Waals surface area (Å²) in [6.07, 6.45) is 4.20. The summed E-state index contributed by atoms with van der Waals surface area (Å²) < 4.78 is 9.87. The molecule has 0 bridgehead atoms. The van der Waals surface area contributed by atoms with Crippen LogP contribution in [0.4, 0.5) is 0 Å². The number of ether oxygens (including phenoxy) is 1. The number of Topliss-reactive ketones (excluding diaryl/α,β-unsaturated/α-hetero) is 1. The van der Waals surface area contributed by atoms with Crippen LogP contribution < -0.4 is 21.5 Å². The van der Waals surface area contributed by atoms with Crippen LogP contribution in [0, 0.1) is 0 Å². The van der Waals surface area contributed by atoms with E-state index in [4.69, 9.17) is 4.74 Å². The number of carbonyl (C=O) groups is 1. The summed E-state index contributed by atoms with van der Waals surface area (Å²) in [6, 6.07) is 7.44. The number of hydrogen-bond donors (Lipinski definition) is 2. The Morgan fingerprint density at radius 2 is 1.88 bits per heavy atom. The Kier molecular flexibility index (Phi) is 8.67. The Morgan fingerprint density at radius 3 is 2.62 bits per heavy atom. The van der Waals surface area contributed by atoms with Gasteiger partial charge in [0.25, 0.3) is 11.1 Å². The number of H-pyrrole nitrogens is 2. The molecule has 0 aliphatic heterocycles. The van der Waals surface area contributed by atoms with E-state index in [0.717, 1.165) is 12.0 Å². The van der Waals surface area contributed by atoms with Gasteiger partial charge in [0.05, 0.1) is 18.5 Å². The van der Waals surface area contributed by atoms with E-state index >= 15 is 0 Å². The zero-order valence-corrected chi connectivity index (χ0v) is 22.8. The Morgan fingerprint density at radius 1 is 1.10 bits per heavy atom. The van der Waals surface area contributed by atoms with Crippen LogP contribution in [0.5, 0.6) is 5.75 Å². The topological polar surface area (TPSA) is 175 Å². The molecule has 2 N–H and O–H groups in total. The molecule has 0 atom stereocenters. The molecule has 5 rings (SSSR count). The summed E-state index contributed by atoms with van der Waals surface area (Å²) in [5.41, 5.74) is 1.06. The number of para-hydroxylation sites is 1. The number of nitrogens with one attached hydrogen (secondary N) is 2. The Balaban J connectivity index is 0.000000185. The van der Waals surface area contributed by atoms with Gasteiger partial charge in [-0.1, -0.05) is 24.3 Å². The molecule has 14 nitrogen and oxygen atoms in total. The zero-order chi connectivity index (χ0) is 28.8. The maximum absolute atomic E-state index is 12.3. The van der Waals surface area contributed by atoms with E-state index in [2.05, 4.69) is 30.4 Å². The quantitative estimate of drug-likeness (QED) is 0.259. The molecule has 0 aliphatic rings. The molecule has 1 aromatic carbocycles. The number of rotatable bonds is 9. The second-order valence-electron chi connectivity index (χ2n) is 9.25. The van der Waals surface area contributed by atoms with Crippen molar-refractivity contribution < 1.29 is 9.53 Å². The lowest BCUT2D eigenvalue weighted by molar-refractivity contribution is -0.117. The smallest absolute Gasteiger partial charge is 0.332 e. The largest absolute Gasteiger partial charge is 0.493 e. The summed E-state index contributed by atoms with van der Waals surface area (Å²) in [5.74, 6) is 1.23. The number of imidazole rings is 1. The summed E-state index contributed by atoms with van der Waals surface area (Å²) in [5, 5.41) is 9.86. The van der Waals surface area contributed by atoms with Crippen LogP contribution in [-0.4, -0.2) is 56.5 Å². The fourth-order valence-electron chi connectivity index (χ4n) is 4.13. The highest BCUT2D eigenvalue weighted by molar-refractivity contribution is 5.75. The SMILES string of the molecule is CC(=O)CCCCn1c(=O)c2c(ncn2C)n(C)c1=O.CCCOc1ccccc1-c1nc2[nH]nnc2c(=O)[nH]1. The molecule has 0 aliphatic carbocycles. The molecule has 0 radical (unpaired) electrons. The fraction of sp³-hybridized carbons (Fsp3) is 0.385. The van der Waals surface area contributed by atoms with Gasteiger partial charge in [0.1, 0.15) is 17.4 Å². The van der Waals surface area contributed by atoms with Gasteiger partial charge in [0.2, 0.25) is 0 Å². The van der Waals surface area contributed by atoms with Crippen LogP contribution in [0.15, 0.2) is 45.0 Å². The number of aromatic nitrogens is 9. The molecule has 0 spiro atoms. The number of nitrogens with zero attached hydrogens (tertiary/aromatic N) is 7. The van der Waals surface area contributed by atoms with Gasteiger partial charge >= 0.3 is 5.69 Å². The molecule has 0 saturated carbocycles. The van der Waals surface area contributed by atoms with E-state index in [9.17, 15) is 19.2 Å². The number of unbranched alkanes of at least 4 members (excludes halogenated alkanes) is 1. The van der Waals surface area contributed by atoms with Gasteiger partial charge in [0, 0.05) is 27.1 Å². The van der Waals surface area contributed by atoms with Crippen LogP contribution in [0.3, 0.4) is 0 Å². The third-order valence-corrected chi connectivity index (χ3v) is 6.17. The molecule has 4 aromatic heterocycles. The van der Waals surface area contributed by atoms with Crippen molar-refractivity contribution in [3.8, 4) is 17.1 Å². The molecule has 0 saturated heterocycles. The molecule has 0 amide bonds. The van der Waals surface area contributed by atoms with Crippen LogP contribution in [0.1, 0.15) is 39.5 Å². The maximum atomic E-state index is 12.3. The first kappa shape index (κ1) is 28.1. The normalized spacial score (nSPS) is 11.0. The molecule has 40 heavy (non-hydrogen) atoms. The van der Waals surface area contributed by atoms with Crippen molar-refractivity contribution in [1.82, 2.24) is 44.1 Å². The Labute approximate surface area is 227 Å². The summed E-state index contributed by atoms with van der Waals surface area (Å²) in [6.45, 7) is 4.49. The van der Waals surface area contributed by atoms with Gasteiger partial charge in [0.15, 0.2) is 22.3 Å². The van der Waals surface area contributed by atoms with E-state index in [1.807, 2.05) is 31.2 Å². The third kappa shape index (κ3) is 5.90. The van der Waals surface area contributed by atoms with E-state index in [1.54, 1.807) is 18.7 Å². The predicted octanol–water partition coefficient (Wildman–Crippen LogP) is 1.69. The van der Waals surface area contributed by atoms with Crippen LogP contribution in [-0.2, 0) is 25.4 Å². The van der Waals surface area contributed by atoms with Crippen molar-refractivity contribution in [2.45, 2.75) is 46.1 Å². The first-order chi connectivity index (χ1) is 19.2. The molecular weight excluding hydrogens is 518 g/mol. The van der Waals surface area contributed by atoms with Gasteiger partial charge in [-0.15, -0.1) is 5.10 Å². The minimum absolute atomic E-state index is 0.118. The average molecular weight is 550 g/mol. The van der Waals surface area contributed by atoms with Crippen molar-refractivity contribution in [1.29, 1.82) is 0 Å².